The van der Waals surface area contributed by atoms with Crippen molar-refractivity contribution in [1.29, 1.82) is 0 Å². The Morgan fingerprint density at radius 3 is 2.59 bits per heavy atom. The molecule has 9 nitrogen and oxygen atoms in total. The second kappa shape index (κ2) is 9.49. The molecule has 0 bridgehead atoms. The summed E-state index contributed by atoms with van der Waals surface area (Å²) in [4.78, 5) is 34.4. The Balaban J connectivity index is 1.61. The average molecular weight is 474 g/mol. The largest absolute Gasteiger partial charge is 0.491 e. The number of benzene rings is 1. The maximum absolute atomic E-state index is 12.6. The van der Waals surface area contributed by atoms with E-state index in [0.717, 1.165) is 5.56 Å². The topological polar surface area (TPSA) is 113 Å². The van der Waals surface area contributed by atoms with Crippen molar-refractivity contribution in [2.24, 2.45) is 5.92 Å². The molecule has 2 unspecified atom stereocenters. The predicted octanol–water partition coefficient (Wildman–Crippen LogP) is 3.49. The number of ether oxygens (including phenoxy) is 1. The van der Waals surface area contributed by atoms with Crippen molar-refractivity contribution in [1.82, 2.24) is 20.2 Å². The number of hydrogen-bond donors (Lipinski definition) is 2. The molecule has 2 N–H and O–H groups in total. The van der Waals surface area contributed by atoms with Gasteiger partial charge in [0.05, 0.1) is 12.1 Å². The lowest BCUT2D eigenvalue weighted by molar-refractivity contribution is -0.203. The number of carbonyl (C=O) groups excluding carboxylic acids is 2. The van der Waals surface area contributed by atoms with Crippen LogP contribution in [-0.4, -0.2) is 51.4 Å². The first-order valence-electron chi connectivity index (χ1n) is 10.4. The lowest BCUT2D eigenvalue weighted by Gasteiger charge is -2.37. The highest BCUT2D eigenvalue weighted by Gasteiger charge is 2.44. The van der Waals surface area contributed by atoms with Gasteiger partial charge in [0.15, 0.2) is 0 Å². The van der Waals surface area contributed by atoms with Crippen molar-refractivity contribution in [2.75, 3.05) is 23.3 Å². The van der Waals surface area contributed by atoms with E-state index in [-0.39, 0.29) is 18.9 Å². The average Bonchev–Trinajstić information content (AvgIpc) is 3.31. The van der Waals surface area contributed by atoms with Crippen LogP contribution in [0.3, 0.4) is 0 Å². The molecule has 0 saturated carbocycles. The lowest BCUT2D eigenvalue weighted by atomic mass is 9.84. The van der Waals surface area contributed by atoms with Crippen molar-refractivity contribution in [3.63, 3.8) is 0 Å². The fraction of sp³-hybridized carbons (Fsp3) is 0.318. The number of halogens is 3. The Morgan fingerprint density at radius 1 is 1.15 bits per heavy atom. The minimum absolute atomic E-state index is 0.000253. The molecule has 0 radical (unpaired) electrons. The standard InChI is InChI=1S/C22H21F3N6O3/c1-13-9-18(28-17-7-8-26-30-17)29-21(27-13)31-11-15(14-5-3-2-4-6-14)10-16(12-31)19(32)34-20(33)22(23,24)25/h2-9,15-16H,10-12H2,1H3,(H2,26,27,28,29,30). The smallest absolute Gasteiger partial charge is 0.386 e. The number of aromatic amines is 1. The van der Waals surface area contributed by atoms with Crippen LogP contribution in [0.1, 0.15) is 23.6 Å². The summed E-state index contributed by atoms with van der Waals surface area (Å²) in [5.74, 6) is -3.58. The van der Waals surface area contributed by atoms with Crippen molar-refractivity contribution in [2.45, 2.75) is 25.4 Å². The summed E-state index contributed by atoms with van der Waals surface area (Å²) in [7, 11) is 0. The summed E-state index contributed by atoms with van der Waals surface area (Å²) < 4.78 is 42.0. The number of alkyl halides is 3. The van der Waals surface area contributed by atoms with Crippen LogP contribution in [0.4, 0.5) is 30.8 Å². The molecular weight excluding hydrogens is 453 g/mol. The van der Waals surface area contributed by atoms with Crippen molar-refractivity contribution in [3.05, 3.63) is 59.9 Å². The van der Waals surface area contributed by atoms with Gasteiger partial charge in [-0.3, -0.25) is 9.89 Å². The van der Waals surface area contributed by atoms with Gasteiger partial charge >= 0.3 is 18.1 Å². The van der Waals surface area contributed by atoms with E-state index in [1.807, 2.05) is 30.3 Å². The molecule has 0 spiro atoms. The third-order valence-electron chi connectivity index (χ3n) is 5.37. The predicted molar refractivity (Wildman–Crippen MR) is 115 cm³/mol. The monoisotopic (exact) mass is 474 g/mol. The van der Waals surface area contributed by atoms with Gasteiger partial charge < -0.3 is 15.0 Å². The Bertz CT molecular complexity index is 1150. The molecule has 4 rings (SSSR count). The van der Waals surface area contributed by atoms with Crippen molar-refractivity contribution >= 4 is 29.5 Å². The zero-order valence-electron chi connectivity index (χ0n) is 18.0. The molecule has 0 amide bonds. The number of nitrogens with one attached hydrogen (secondary N) is 2. The lowest BCUT2D eigenvalue weighted by Crippen LogP contribution is -2.45. The van der Waals surface area contributed by atoms with E-state index in [4.69, 9.17) is 0 Å². The number of hydrogen-bond acceptors (Lipinski definition) is 8. The van der Waals surface area contributed by atoms with Crippen LogP contribution in [0.2, 0.25) is 0 Å². The first-order chi connectivity index (χ1) is 16.2. The molecule has 2 atom stereocenters. The zero-order chi connectivity index (χ0) is 24.3. The number of aromatic nitrogens is 4. The third kappa shape index (κ3) is 5.50. The molecule has 1 fully saturated rings. The summed E-state index contributed by atoms with van der Waals surface area (Å²) in [6.07, 6.45) is -3.46. The van der Waals surface area contributed by atoms with Gasteiger partial charge in [-0.25, -0.2) is 9.78 Å². The number of rotatable bonds is 5. The first-order valence-corrected chi connectivity index (χ1v) is 10.4. The number of esters is 2. The van der Waals surface area contributed by atoms with Gasteiger partial charge in [-0.05, 0) is 18.9 Å². The molecule has 1 aromatic carbocycles. The summed E-state index contributed by atoms with van der Waals surface area (Å²) in [6, 6.07) is 12.7. The van der Waals surface area contributed by atoms with E-state index in [1.165, 1.54) is 0 Å². The summed E-state index contributed by atoms with van der Waals surface area (Å²) >= 11 is 0. The summed E-state index contributed by atoms with van der Waals surface area (Å²) in [5, 5.41) is 9.70. The van der Waals surface area contributed by atoms with E-state index >= 15 is 0 Å². The second-order valence-corrected chi connectivity index (χ2v) is 7.94. The third-order valence-corrected chi connectivity index (χ3v) is 5.37. The molecule has 3 aromatic rings. The van der Waals surface area contributed by atoms with Crippen LogP contribution in [0.5, 0.6) is 0 Å². The van der Waals surface area contributed by atoms with Crippen LogP contribution in [0, 0.1) is 12.8 Å². The highest BCUT2D eigenvalue weighted by Crippen LogP contribution is 2.33. The van der Waals surface area contributed by atoms with E-state index in [0.29, 0.717) is 29.8 Å². The molecule has 0 aliphatic carbocycles. The van der Waals surface area contributed by atoms with E-state index in [1.54, 1.807) is 30.2 Å². The normalized spacial score (nSPS) is 18.4. The van der Waals surface area contributed by atoms with Gasteiger partial charge in [0.1, 0.15) is 11.6 Å². The number of H-pyrrole nitrogens is 1. The number of anilines is 3. The van der Waals surface area contributed by atoms with Gasteiger partial charge in [-0.1, -0.05) is 30.3 Å². The SMILES string of the molecule is Cc1cc(Nc2ccn[nH]2)nc(N2CC(C(=O)OC(=O)C(F)(F)F)CC(c3ccccc3)C2)n1. The van der Waals surface area contributed by atoms with Gasteiger partial charge in [0.25, 0.3) is 0 Å². The van der Waals surface area contributed by atoms with Crippen LogP contribution in [0.25, 0.3) is 0 Å². The van der Waals surface area contributed by atoms with Gasteiger partial charge in [0.2, 0.25) is 5.95 Å². The minimum atomic E-state index is -5.25. The molecule has 1 saturated heterocycles. The Morgan fingerprint density at radius 2 is 1.91 bits per heavy atom. The Hall–Kier alpha value is -3.96. The second-order valence-electron chi connectivity index (χ2n) is 7.94. The molecule has 178 valence electrons. The van der Waals surface area contributed by atoms with E-state index in [2.05, 4.69) is 30.2 Å². The highest BCUT2D eigenvalue weighted by atomic mass is 19.4. The molecular formula is C22H21F3N6O3. The van der Waals surface area contributed by atoms with E-state index < -0.39 is 24.0 Å². The molecule has 1 aliphatic heterocycles. The number of piperidine rings is 1. The highest BCUT2D eigenvalue weighted by molar-refractivity contribution is 5.89. The number of carbonyl (C=O) groups is 2. The first kappa shape index (κ1) is 23.2. The fourth-order valence-corrected chi connectivity index (χ4v) is 3.85. The maximum Gasteiger partial charge on any atom is 0.491 e. The zero-order valence-corrected chi connectivity index (χ0v) is 18.0. The van der Waals surface area contributed by atoms with Crippen LogP contribution >= 0.6 is 0 Å². The number of aryl methyl sites for hydroxylation is 1. The van der Waals surface area contributed by atoms with Crippen molar-refractivity contribution < 1.29 is 27.5 Å². The van der Waals surface area contributed by atoms with Gasteiger partial charge in [-0.15, -0.1) is 0 Å². The van der Waals surface area contributed by atoms with Crippen molar-refractivity contribution in [3.8, 4) is 0 Å². The Labute approximate surface area is 192 Å². The summed E-state index contributed by atoms with van der Waals surface area (Å²) in [5.41, 5.74) is 1.54. The molecule has 2 aromatic heterocycles. The molecule has 3 heterocycles. The molecule has 1 aliphatic rings. The quantitative estimate of drug-likeness (QED) is 0.427. The van der Waals surface area contributed by atoms with Crippen LogP contribution in [0.15, 0.2) is 48.7 Å². The van der Waals surface area contributed by atoms with Gasteiger partial charge in [0, 0.05) is 36.8 Å². The van der Waals surface area contributed by atoms with Crippen LogP contribution in [-0.2, 0) is 14.3 Å². The molecule has 34 heavy (non-hydrogen) atoms. The maximum atomic E-state index is 12.6. The molecule has 12 heteroatoms. The van der Waals surface area contributed by atoms with Crippen LogP contribution < -0.4 is 10.2 Å². The van der Waals surface area contributed by atoms with E-state index in [9.17, 15) is 22.8 Å². The minimum Gasteiger partial charge on any atom is -0.386 e. The Kier molecular flexibility index (Phi) is 6.48. The number of nitrogens with zero attached hydrogens (tertiary/aromatic N) is 4. The summed E-state index contributed by atoms with van der Waals surface area (Å²) in [6.45, 7) is 2.20. The van der Waals surface area contributed by atoms with Gasteiger partial charge in [-0.2, -0.15) is 23.3 Å². The fourth-order valence-electron chi connectivity index (χ4n) is 3.85.